The minimum Gasteiger partial charge on any atom is -0.378 e. The fourth-order valence-electron chi connectivity index (χ4n) is 2.46. The summed E-state index contributed by atoms with van der Waals surface area (Å²) in [4.78, 5) is 0.580. The Balaban J connectivity index is 1.94. The van der Waals surface area contributed by atoms with E-state index in [0.29, 0.717) is 21.0 Å². The fourth-order valence-corrected chi connectivity index (χ4v) is 5.92. The predicted molar refractivity (Wildman–Crippen MR) is 108 cm³/mol. The Kier molecular flexibility index (Phi) is 5.79. The first kappa shape index (κ1) is 19.8. The van der Waals surface area contributed by atoms with Crippen LogP contribution in [0.5, 0.6) is 0 Å². The summed E-state index contributed by atoms with van der Waals surface area (Å²) in [6.45, 7) is 1.48. The maximum atomic E-state index is 12.8. The number of aliphatic hydroxyl groups is 1. The summed E-state index contributed by atoms with van der Waals surface area (Å²) in [5.41, 5.74) is -0.233. The monoisotopic (exact) mass is 447 g/mol. The quantitative estimate of drug-likeness (QED) is 0.578. The van der Waals surface area contributed by atoms with Crippen molar-refractivity contribution in [2.24, 2.45) is 0 Å². The zero-order valence-corrected chi connectivity index (χ0v) is 17.5. The summed E-state index contributed by atoms with van der Waals surface area (Å²) >= 11 is 14.8. The van der Waals surface area contributed by atoms with Gasteiger partial charge in [-0.2, -0.15) is 11.3 Å². The van der Waals surface area contributed by atoms with Crippen molar-refractivity contribution in [3.63, 3.8) is 0 Å². The first-order valence-electron chi connectivity index (χ1n) is 7.48. The van der Waals surface area contributed by atoms with Crippen LogP contribution < -0.4 is 4.72 Å². The van der Waals surface area contributed by atoms with Crippen LogP contribution in [0, 0.1) is 6.92 Å². The van der Waals surface area contributed by atoms with Gasteiger partial charge in [-0.1, -0.05) is 29.3 Å². The van der Waals surface area contributed by atoms with Crippen LogP contribution in [0.15, 0.2) is 51.4 Å². The maximum absolute atomic E-state index is 12.8. The van der Waals surface area contributed by atoms with Crippen LogP contribution in [0.2, 0.25) is 10.0 Å². The second-order valence-corrected chi connectivity index (χ2v) is 9.98. The van der Waals surface area contributed by atoms with E-state index < -0.39 is 15.6 Å². The highest BCUT2D eigenvalue weighted by molar-refractivity contribution is 7.89. The average Bonchev–Trinajstić information content (AvgIpc) is 3.29. The van der Waals surface area contributed by atoms with Crippen molar-refractivity contribution in [3.8, 4) is 0 Å². The van der Waals surface area contributed by atoms with Gasteiger partial charge in [-0.05, 0) is 52.9 Å². The van der Waals surface area contributed by atoms with Gasteiger partial charge < -0.3 is 5.11 Å². The van der Waals surface area contributed by atoms with E-state index in [-0.39, 0.29) is 16.5 Å². The highest BCUT2D eigenvalue weighted by Crippen LogP contribution is 2.34. The van der Waals surface area contributed by atoms with Crippen LogP contribution in [0.3, 0.4) is 0 Å². The SMILES string of the molecule is Cc1cc(S(=O)(=O)NC[C@](O)(c2ccsc2)c2cccs2)c(Cl)cc1Cl. The number of hydrogen-bond acceptors (Lipinski definition) is 5. The molecule has 9 heteroatoms. The molecule has 1 aromatic carbocycles. The van der Waals surface area contributed by atoms with Gasteiger partial charge in [0.15, 0.2) is 0 Å². The van der Waals surface area contributed by atoms with Gasteiger partial charge in [-0.3, -0.25) is 0 Å². The van der Waals surface area contributed by atoms with Crippen LogP contribution in [0.1, 0.15) is 16.0 Å². The molecule has 4 nitrogen and oxygen atoms in total. The smallest absolute Gasteiger partial charge is 0.242 e. The molecule has 0 fully saturated rings. The van der Waals surface area contributed by atoms with Crippen molar-refractivity contribution in [1.29, 1.82) is 0 Å². The molecular weight excluding hydrogens is 433 g/mol. The molecule has 2 heterocycles. The lowest BCUT2D eigenvalue weighted by molar-refractivity contribution is 0.0903. The van der Waals surface area contributed by atoms with Crippen molar-refractivity contribution < 1.29 is 13.5 Å². The normalized spacial score (nSPS) is 14.3. The molecule has 138 valence electrons. The van der Waals surface area contributed by atoms with E-state index in [1.807, 2.05) is 16.8 Å². The number of benzene rings is 1. The Hall–Kier alpha value is -0.930. The molecule has 2 N–H and O–H groups in total. The lowest BCUT2D eigenvalue weighted by Gasteiger charge is -2.27. The molecule has 0 saturated heterocycles. The number of nitrogens with one attached hydrogen (secondary N) is 1. The van der Waals surface area contributed by atoms with E-state index >= 15 is 0 Å². The third-order valence-electron chi connectivity index (χ3n) is 3.95. The van der Waals surface area contributed by atoms with Gasteiger partial charge in [0.2, 0.25) is 10.0 Å². The van der Waals surface area contributed by atoms with E-state index in [2.05, 4.69) is 4.72 Å². The number of hydrogen-bond donors (Lipinski definition) is 2. The van der Waals surface area contributed by atoms with Gasteiger partial charge >= 0.3 is 0 Å². The van der Waals surface area contributed by atoms with Gasteiger partial charge in [0.25, 0.3) is 0 Å². The van der Waals surface area contributed by atoms with Gasteiger partial charge in [-0.15, -0.1) is 11.3 Å². The number of rotatable bonds is 6. The van der Waals surface area contributed by atoms with Crippen molar-refractivity contribution >= 4 is 55.9 Å². The molecular formula is C17H15Cl2NO3S3. The van der Waals surface area contributed by atoms with E-state index in [1.165, 1.54) is 34.8 Å². The Morgan fingerprint density at radius 3 is 2.58 bits per heavy atom. The Labute approximate surface area is 170 Å². The highest BCUT2D eigenvalue weighted by Gasteiger charge is 2.35. The Bertz CT molecular complexity index is 966. The van der Waals surface area contributed by atoms with Crippen LogP contribution in [0.4, 0.5) is 0 Å². The number of aryl methyl sites for hydroxylation is 1. The fraction of sp³-hybridized carbons (Fsp3) is 0.176. The minimum absolute atomic E-state index is 0.0308. The van der Waals surface area contributed by atoms with Crippen molar-refractivity contribution in [3.05, 3.63) is 72.5 Å². The molecule has 0 saturated carbocycles. The predicted octanol–water partition coefficient (Wildman–Crippen LogP) is 4.64. The van der Waals surface area contributed by atoms with Crippen molar-refractivity contribution in [1.82, 2.24) is 4.72 Å². The van der Waals surface area contributed by atoms with Gasteiger partial charge in [0.1, 0.15) is 10.5 Å². The summed E-state index contributed by atoms with van der Waals surface area (Å²) in [6, 6.07) is 8.18. The van der Waals surface area contributed by atoms with Gasteiger partial charge in [0.05, 0.1) is 5.02 Å². The zero-order chi connectivity index (χ0) is 18.9. The molecule has 0 aliphatic carbocycles. The summed E-state index contributed by atoms with van der Waals surface area (Å²) in [5.74, 6) is 0. The summed E-state index contributed by atoms with van der Waals surface area (Å²) in [5, 5.41) is 17.1. The van der Waals surface area contributed by atoms with E-state index in [9.17, 15) is 13.5 Å². The van der Waals surface area contributed by atoms with Crippen LogP contribution >= 0.6 is 45.9 Å². The number of halogens is 2. The summed E-state index contributed by atoms with van der Waals surface area (Å²) in [7, 11) is -3.94. The summed E-state index contributed by atoms with van der Waals surface area (Å²) < 4.78 is 28.0. The van der Waals surface area contributed by atoms with Crippen LogP contribution in [-0.4, -0.2) is 20.1 Å². The number of thiophene rings is 2. The van der Waals surface area contributed by atoms with E-state index in [4.69, 9.17) is 23.2 Å². The van der Waals surface area contributed by atoms with Crippen LogP contribution in [-0.2, 0) is 15.6 Å². The number of sulfonamides is 1. The zero-order valence-electron chi connectivity index (χ0n) is 13.6. The second-order valence-electron chi connectivity index (χ2n) is 5.71. The molecule has 0 aliphatic rings. The minimum atomic E-state index is -3.94. The molecule has 26 heavy (non-hydrogen) atoms. The van der Waals surface area contributed by atoms with Crippen molar-refractivity contribution in [2.75, 3.05) is 6.54 Å². The summed E-state index contributed by atoms with van der Waals surface area (Å²) in [6.07, 6.45) is 0. The first-order chi connectivity index (χ1) is 12.2. The topological polar surface area (TPSA) is 66.4 Å². The molecule has 3 aromatic rings. The third kappa shape index (κ3) is 3.84. The molecule has 0 bridgehead atoms. The average molecular weight is 448 g/mol. The molecule has 3 rings (SSSR count). The van der Waals surface area contributed by atoms with Gasteiger partial charge in [-0.25, -0.2) is 13.1 Å². The lowest BCUT2D eigenvalue weighted by Crippen LogP contribution is -2.41. The molecule has 0 spiro atoms. The molecule has 0 unspecified atom stereocenters. The van der Waals surface area contributed by atoms with Crippen molar-refractivity contribution in [2.45, 2.75) is 17.4 Å². The van der Waals surface area contributed by atoms with E-state index in [1.54, 1.807) is 24.4 Å². The lowest BCUT2D eigenvalue weighted by atomic mass is 9.95. The highest BCUT2D eigenvalue weighted by atomic mass is 35.5. The Morgan fingerprint density at radius 2 is 1.96 bits per heavy atom. The van der Waals surface area contributed by atoms with Gasteiger partial charge in [0, 0.05) is 22.0 Å². The molecule has 1 atom stereocenters. The molecule has 2 aromatic heterocycles. The largest absolute Gasteiger partial charge is 0.378 e. The third-order valence-corrected chi connectivity index (χ3v) is 7.93. The molecule has 0 amide bonds. The molecule has 0 aliphatic heterocycles. The first-order valence-corrected chi connectivity index (χ1v) is 11.5. The second kappa shape index (κ2) is 7.59. The maximum Gasteiger partial charge on any atom is 0.242 e. The van der Waals surface area contributed by atoms with Crippen LogP contribution in [0.25, 0.3) is 0 Å². The Morgan fingerprint density at radius 1 is 1.19 bits per heavy atom. The van der Waals surface area contributed by atoms with E-state index in [0.717, 1.165) is 0 Å². The standard InChI is InChI=1S/C17H15Cl2NO3S3/c1-11-7-15(14(19)8-13(11)18)26(22,23)20-10-17(21,12-4-6-24-9-12)16-3-2-5-25-16/h2-9,20-21H,10H2,1H3/t17-/m0/s1. The molecule has 0 radical (unpaired) electrons.